The van der Waals surface area contributed by atoms with Crippen LogP contribution in [0.25, 0.3) is 0 Å². The molecule has 120 valence electrons. The van der Waals surface area contributed by atoms with E-state index in [2.05, 4.69) is 6.08 Å². The molecule has 4 rings (SSSR count). The topological polar surface area (TPSA) is 46.6 Å². The summed E-state index contributed by atoms with van der Waals surface area (Å²) in [5.41, 5.74) is 2.02. The summed E-state index contributed by atoms with van der Waals surface area (Å²) in [6, 6.07) is 9.30. The van der Waals surface area contributed by atoms with Gasteiger partial charge in [0, 0.05) is 7.11 Å². The van der Waals surface area contributed by atoms with Gasteiger partial charge in [-0.2, -0.15) is 0 Å². The molecule has 1 saturated heterocycles. The van der Waals surface area contributed by atoms with E-state index in [1.807, 2.05) is 30.3 Å². The Morgan fingerprint density at radius 1 is 1.04 bits per heavy atom. The summed E-state index contributed by atoms with van der Waals surface area (Å²) in [5.74, 6) is -0.200. The predicted molar refractivity (Wildman–Crippen MR) is 86.8 cm³/mol. The average molecular weight is 311 g/mol. The number of nitrogens with zero attached hydrogens (tertiary/aromatic N) is 1. The standard InChI is InChI=1S/C19H21NO3/c1-23-14-8-10-15-12(11-14)7-9-16-17(15)19(22)20(18(16)21)13-5-3-2-4-6-13/h2-7,14-17H,8-11H2,1H3/t14-,15-,16+,17-/m1/s1. The molecule has 2 amide bonds. The highest BCUT2D eigenvalue weighted by Gasteiger charge is 2.53. The number of hydrogen-bond acceptors (Lipinski definition) is 3. The van der Waals surface area contributed by atoms with Crippen molar-refractivity contribution in [2.75, 3.05) is 12.0 Å². The van der Waals surface area contributed by atoms with E-state index in [9.17, 15) is 9.59 Å². The number of imide groups is 1. The van der Waals surface area contributed by atoms with Crippen molar-refractivity contribution in [2.24, 2.45) is 17.8 Å². The van der Waals surface area contributed by atoms with Gasteiger partial charge in [0.1, 0.15) is 0 Å². The van der Waals surface area contributed by atoms with Crippen LogP contribution in [0.2, 0.25) is 0 Å². The maximum Gasteiger partial charge on any atom is 0.238 e. The third-order valence-corrected chi connectivity index (χ3v) is 5.63. The first-order chi connectivity index (χ1) is 11.2. The maximum absolute atomic E-state index is 13.0. The van der Waals surface area contributed by atoms with Gasteiger partial charge in [0.05, 0.1) is 23.6 Å². The second-order valence-electron chi connectivity index (χ2n) is 6.74. The van der Waals surface area contributed by atoms with Gasteiger partial charge >= 0.3 is 0 Å². The molecule has 1 aromatic rings. The number of para-hydroxylation sites is 1. The lowest BCUT2D eigenvalue weighted by Crippen LogP contribution is -2.36. The van der Waals surface area contributed by atoms with E-state index in [-0.39, 0.29) is 35.7 Å². The second kappa shape index (κ2) is 5.60. The number of amides is 2. The molecule has 23 heavy (non-hydrogen) atoms. The SMILES string of the molecule is CO[C@@H]1CC[C@@H]2C(=CC[C@@H]3C(=O)N(c4ccccc4)C(=O)[C@@H]32)C1. The van der Waals surface area contributed by atoms with Crippen molar-refractivity contribution in [3.05, 3.63) is 42.0 Å². The van der Waals surface area contributed by atoms with Gasteiger partial charge in [-0.3, -0.25) is 14.5 Å². The normalized spacial score (nSPS) is 33.3. The van der Waals surface area contributed by atoms with Crippen LogP contribution in [0.4, 0.5) is 5.69 Å². The molecular weight excluding hydrogens is 290 g/mol. The van der Waals surface area contributed by atoms with E-state index in [1.165, 1.54) is 10.5 Å². The molecule has 0 bridgehead atoms. The van der Waals surface area contributed by atoms with Gasteiger partial charge in [0.2, 0.25) is 11.8 Å². The molecular formula is C19H21NO3. The zero-order valence-corrected chi connectivity index (χ0v) is 13.3. The number of carbonyl (C=O) groups excluding carboxylic acids is 2. The third kappa shape index (κ3) is 2.24. The molecule has 0 spiro atoms. The van der Waals surface area contributed by atoms with E-state index < -0.39 is 0 Å². The fourth-order valence-electron chi connectivity index (χ4n) is 4.47. The Hall–Kier alpha value is -1.94. The van der Waals surface area contributed by atoms with Crippen molar-refractivity contribution in [2.45, 2.75) is 31.8 Å². The molecule has 2 fully saturated rings. The molecule has 3 aliphatic rings. The van der Waals surface area contributed by atoms with E-state index in [0.29, 0.717) is 12.1 Å². The largest absolute Gasteiger partial charge is 0.381 e. The van der Waals surface area contributed by atoms with E-state index in [1.54, 1.807) is 7.11 Å². The Balaban J connectivity index is 1.65. The van der Waals surface area contributed by atoms with Gasteiger partial charge in [0.15, 0.2) is 0 Å². The highest BCUT2D eigenvalue weighted by atomic mass is 16.5. The molecule has 1 aliphatic heterocycles. The molecule has 4 heteroatoms. The first-order valence-corrected chi connectivity index (χ1v) is 8.35. The molecule has 0 N–H and O–H groups in total. The lowest BCUT2D eigenvalue weighted by molar-refractivity contribution is -0.123. The molecule has 1 heterocycles. The summed E-state index contributed by atoms with van der Waals surface area (Å²) < 4.78 is 5.49. The molecule has 0 unspecified atom stereocenters. The predicted octanol–water partition coefficient (Wildman–Crippen LogP) is 2.94. The summed E-state index contributed by atoms with van der Waals surface area (Å²) in [5, 5.41) is 0. The number of rotatable bonds is 2. The van der Waals surface area contributed by atoms with Gasteiger partial charge in [-0.25, -0.2) is 0 Å². The first-order valence-electron chi connectivity index (χ1n) is 8.35. The summed E-state index contributed by atoms with van der Waals surface area (Å²) in [6.07, 6.45) is 5.93. The lowest BCUT2D eigenvalue weighted by Gasteiger charge is -2.37. The Labute approximate surface area is 136 Å². The monoisotopic (exact) mass is 311 g/mol. The van der Waals surface area contributed by atoms with Gasteiger partial charge in [0.25, 0.3) is 0 Å². The Morgan fingerprint density at radius 2 is 1.83 bits per heavy atom. The van der Waals surface area contributed by atoms with Crippen LogP contribution < -0.4 is 4.90 Å². The van der Waals surface area contributed by atoms with E-state index in [0.717, 1.165) is 19.3 Å². The molecule has 2 aliphatic carbocycles. The molecule has 0 aromatic heterocycles. The van der Waals surface area contributed by atoms with Crippen LogP contribution in [-0.2, 0) is 14.3 Å². The number of anilines is 1. The fraction of sp³-hybridized carbons (Fsp3) is 0.474. The van der Waals surface area contributed by atoms with Gasteiger partial charge in [-0.15, -0.1) is 0 Å². The van der Waals surface area contributed by atoms with Crippen molar-refractivity contribution in [1.29, 1.82) is 0 Å². The lowest BCUT2D eigenvalue weighted by atomic mass is 9.67. The van der Waals surface area contributed by atoms with E-state index >= 15 is 0 Å². The molecule has 1 saturated carbocycles. The quantitative estimate of drug-likeness (QED) is 0.623. The highest BCUT2D eigenvalue weighted by molar-refractivity contribution is 6.22. The number of fused-ring (bicyclic) bond motifs is 3. The van der Waals surface area contributed by atoms with Crippen molar-refractivity contribution < 1.29 is 14.3 Å². The smallest absolute Gasteiger partial charge is 0.238 e. The summed E-state index contributed by atoms with van der Waals surface area (Å²) >= 11 is 0. The number of ether oxygens (including phenoxy) is 1. The van der Waals surface area contributed by atoms with Crippen molar-refractivity contribution in [3.8, 4) is 0 Å². The highest BCUT2D eigenvalue weighted by Crippen LogP contribution is 2.48. The van der Waals surface area contributed by atoms with Crippen LogP contribution >= 0.6 is 0 Å². The average Bonchev–Trinajstić information content (AvgIpc) is 2.86. The number of benzene rings is 1. The number of allylic oxidation sites excluding steroid dienone is 1. The second-order valence-corrected chi connectivity index (χ2v) is 6.74. The van der Waals surface area contributed by atoms with Gasteiger partial charge in [-0.05, 0) is 43.7 Å². The van der Waals surface area contributed by atoms with Crippen LogP contribution in [0.15, 0.2) is 42.0 Å². The van der Waals surface area contributed by atoms with E-state index in [4.69, 9.17) is 4.74 Å². The van der Waals surface area contributed by atoms with Crippen LogP contribution in [0.1, 0.15) is 25.7 Å². The van der Waals surface area contributed by atoms with Gasteiger partial charge in [-0.1, -0.05) is 29.8 Å². The van der Waals surface area contributed by atoms with Crippen LogP contribution in [0, 0.1) is 17.8 Å². The number of carbonyl (C=O) groups is 2. The Morgan fingerprint density at radius 3 is 2.57 bits per heavy atom. The minimum Gasteiger partial charge on any atom is -0.381 e. The minimum atomic E-state index is -0.185. The zero-order valence-electron chi connectivity index (χ0n) is 13.3. The summed E-state index contributed by atoms with van der Waals surface area (Å²) in [6.45, 7) is 0. The zero-order chi connectivity index (χ0) is 16.0. The Bertz CT molecular complexity index is 666. The van der Waals surface area contributed by atoms with Crippen molar-refractivity contribution in [3.63, 3.8) is 0 Å². The number of hydrogen-bond donors (Lipinski definition) is 0. The minimum absolute atomic E-state index is 0.0160. The van der Waals surface area contributed by atoms with Crippen LogP contribution in [0.5, 0.6) is 0 Å². The van der Waals surface area contributed by atoms with Crippen molar-refractivity contribution in [1.82, 2.24) is 0 Å². The summed E-state index contributed by atoms with van der Waals surface area (Å²) in [7, 11) is 1.75. The first kappa shape index (κ1) is 14.6. The molecule has 4 atom stereocenters. The maximum atomic E-state index is 13.0. The molecule has 4 nitrogen and oxygen atoms in total. The fourth-order valence-corrected chi connectivity index (χ4v) is 4.47. The molecule has 0 radical (unpaired) electrons. The summed E-state index contributed by atoms with van der Waals surface area (Å²) in [4.78, 5) is 27.2. The third-order valence-electron chi connectivity index (χ3n) is 5.63. The van der Waals surface area contributed by atoms with Crippen LogP contribution in [0.3, 0.4) is 0 Å². The van der Waals surface area contributed by atoms with Crippen LogP contribution in [-0.4, -0.2) is 25.0 Å². The van der Waals surface area contributed by atoms with Crippen molar-refractivity contribution >= 4 is 17.5 Å². The Kier molecular flexibility index (Phi) is 3.57. The number of methoxy groups -OCH3 is 1. The molecule has 1 aromatic carbocycles. The van der Waals surface area contributed by atoms with Gasteiger partial charge < -0.3 is 4.74 Å².